The largest absolute Gasteiger partial charge is 0.469 e. The van der Waals surface area contributed by atoms with Crippen molar-refractivity contribution in [2.45, 2.75) is 11.8 Å². The molecule has 0 N–H and O–H groups in total. The standard InChI is InChI=1S/C14H18N2O5S/c1-9(14(18)21-3)8-15(2)13(17)11-7-10(22-4)5-6-12(11)16(19)20/h5-7,9H,8H2,1-4H3. The van der Waals surface area contributed by atoms with Crippen LogP contribution in [0.25, 0.3) is 0 Å². The second-order valence-electron chi connectivity index (χ2n) is 4.75. The topological polar surface area (TPSA) is 89.8 Å². The van der Waals surface area contributed by atoms with Crippen molar-refractivity contribution < 1.29 is 19.2 Å². The summed E-state index contributed by atoms with van der Waals surface area (Å²) in [4.78, 5) is 36.4. The Balaban J connectivity index is 3.05. The van der Waals surface area contributed by atoms with Gasteiger partial charge in [-0.3, -0.25) is 19.7 Å². The zero-order valence-corrected chi connectivity index (χ0v) is 13.7. The first-order chi connectivity index (χ1) is 10.3. The van der Waals surface area contributed by atoms with Crippen molar-refractivity contribution in [3.63, 3.8) is 0 Å². The van der Waals surface area contributed by atoms with Gasteiger partial charge in [-0.25, -0.2) is 0 Å². The van der Waals surface area contributed by atoms with Crippen molar-refractivity contribution in [2.75, 3.05) is 27.0 Å². The fourth-order valence-corrected chi connectivity index (χ4v) is 2.39. The Kier molecular flexibility index (Phi) is 6.36. The number of nitrogens with zero attached hydrogens (tertiary/aromatic N) is 2. The number of nitro groups is 1. The fourth-order valence-electron chi connectivity index (χ4n) is 1.95. The summed E-state index contributed by atoms with van der Waals surface area (Å²) in [7, 11) is 2.77. The highest BCUT2D eigenvalue weighted by atomic mass is 32.2. The summed E-state index contributed by atoms with van der Waals surface area (Å²) in [6.07, 6.45) is 1.82. The Morgan fingerprint density at radius 1 is 1.45 bits per heavy atom. The molecule has 0 bridgehead atoms. The zero-order valence-electron chi connectivity index (χ0n) is 12.9. The molecular weight excluding hydrogens is 308 g/mol. The van der Waals surface area contributed by atoms with E-state index in [1.807, 2.05) is 6.26 Å². The van der Waals surface area contributed by atoms with Gasteiger partial charge < -0.3 is 9.64 Å². The van der Waals surface area contributed by atoms with Crippen LogP contribution in [-0.2, 0) is 9.53 Å². The van der Waals surface area contributed by atoms with E-state index in [2.05, 4.69) is 4.74 Å². The third-order valence-corrected chi connectivity index (χ3v) is 3.85. The van der Waals surface area contributed by atoms with Crippen LogP contribution in [-0.4, -0.2) is 48.7 Å². The van der Waals surface area contributed by atoms with E-state index in [1.165, 1.54) is 43.0 Å². The highest BCUT2D eigenvalue weighted by molar-refractivity contribution is 7.98. The van der Waals surface area contributed by atoms with Crippen LogP contribution in [0.1, 0.15) is 17.3 Å². The second-order valence-corrected chi connectivity index (χ2v) is 5.63. The second kappa shape index (κ2) is 7.79. The van der Waals surface area contributed by atoms with Crippen molar-refractivity contribution >= 4 is 29.3 Å². The Morgan fingerprint density at radius 2 is 2.09 bits per heavy atom. The summed E-state index contributed by atoms with van der Waals surface area (Å²) in [5.41, 5.74) is -0.239. The summed E-state index contributed by atoms with van der Waals surface area (Å²) in [5.74, 6) is -1.45. The molecule has 22 heavy (non-hydrogen) atoms. The van der Waals surface area contributed by atoms with Gasteiger partial charge in [-0.2, -0.15) is 0 Å². The summed E-state index contributed by atoms with van der Waals surface area (Å²) in [6, 6.07) is 4.40. The maximum atomic E-state index is 12.4. The molecule has 0 saturated carbocycles. The molecule has 1 aromatic rings. The van der Waals surface area contributed by atoms with Gasteiger partial charge in [0, 0.05) is 24.6 Å². The number of hydrogen-bond acceptors (Lipinski definition) is 6. The van der Waals surface area contributed by atoms with Crippen molar-refractivity contribution in [2.24, 2.45) is 5.92 Å². The minimum Gasteiger partial charge on any atom is -0.469 e. The quantitative estimate of drug-likeness (QED) is 0.344. The monoisotopic (exact) mass is 326 g/mol. The summed E-state index contributed by atoms with van der Waals surface area (Å²) in [6.45, 7) is 1.74. The first-order valence-corrected chi connectivity index (χ1v) is 7.70. The molecule has 7 nitrogen and oxygen atoms in total. The van der Waals surface area contributed by atoms with E-state index < -0.39 is 22.7 Å². The highest BCUT2D eigenvalue weighted by Crippen LogP contribution is 2.26. The Morgan fingerprint density at radius 3 is 2.59 bits per heavy atom. The van der Waals surface area contributed by atoms with Crippen LogP contribution in [0, 0.1) is 16.0 Å². The molecule has 0 aliphatic rings. The maximum Gasteiger partial charge on any atom is 0.310 e. The number of amides is 1. The predicted molar refractivity (Wildman–Crippen MR) is 83.0 cm³/mol. The molecule has 0 radical (unpaired) electrons. The van der Waals surface area contributed by atoms with Crippen molar-refractivity contribution in [3.05, 3.63) is 33.9 Å². The molecule has 0 fully saturated rings. The van der Waals surface area contributed by atoms with Gasteiger partial charge in [0.25, 0.3) is 11.6 Å². The lowest BCUT2D eigenvalue weighted by molar-refractivity contribution is -0.385. The molecule has 1 amide bonds. The number of rotatable bonds is 6. The lowest BCUT2D eigenvalue weighted by Crippen LogP contribution is -2.34. The van der Waals surface area contributed by atoms with E-state index in [0.717, 1.165) is 4.90 Å². The number of carbonyl (C=O) groups is 2. The smallest absolute Gasteiger partial charge is 0.310 e. The number of esters is 1. The van der Waals surface area contributed by atoms with Gasteiger partial charge in [0.2, 0.25) is 0 Å². The third-order valence-electron chi connectivity index (χ3n) is 3.13. The molecule has 0 saturated heterocycles. The maximum absolute atomic E-state index is 12.4. The highest BCUT2D eigenvalue weighted by Gasteiger charge is 2.25. The van der Waals surface area contributed by atoms with Crippen LogP contribution in [0.4, 0.5) is 5.69 Å². The number of benzene rings is 1. The van der Waals surface area contributed by atoms with E-state index in [0.29, 0.717) is 0 Å². The summed E-state index contributed by atoms with van der Waals surface area (Å²) in [5, 5.41) is 11.1. The molecular formula is C14H18N2O5S. The molecule has 1 aromatic carbocycles. The van der Waals surface area contributed by atoms with Crippen molar-refractivity contribution in [3.8, 4) is 0 Å². The lowest BCUT2D eigenvalue weighted by atomic mass is 10.1. The molecule has 1 unspecified atom stereocenters. The van der Waals surface area contributed by atoms with Crippen LogP contribution < -0.4 is 0 Å². The average molecular weight is 326 g/mol. The van der Waals surface area contributed by atoms with E-state index in [9.17, 15) is 19.7 Å². The van der Waals surface area contributed by atoms with Gasteiger partial charge in [-0.05, 0) is 18.4 Å². The minimum absolute atomic E-state index is 0.0106. The third kappa shape index (κ3) is 4.20. The molecule has 1 atom stereocenters. The average Bonchev–Trinajstić information content (AvgIpc) is 2.52. The van der Waals surface area contributed by atoms with Crippen LogP contribution in [0.5, 0.6) is 0 Å². The Labute approximate surface area is 132 Å². The zero-order chi connectivity index (χ0) is 16.9. The molecule has 0 heterocycles. The molecule has 0 aliphatic heterocycles. The normalized spacial score (nSPS) is 11.6. The predicted octanol–water partition coefficient (Wildman–Crippen LogP) is 2.20. The van der Waals surface area contributed by atoms with E-state index in [1.54, 1.807) is 13.0 Å². The van der Waals surface area contributed by atoms with Gasteiger partial charge in [0.05, 0.1) is 18.0 Å². The van der Waals surface area contributed by atoms with Gasteiger partial charge in [-0.1, -0.05) is 6.92 Å². The summed E-state index contributed by atoms with van der Waals surface area (Å²) < 4.78 is 4.61. The van der Waals surface area contributed by atoms with Gasteiger partial charge >= 0.3 is 5.97 Å². The SMILES string of the molecule is COC(=O)C(C)CN(C)C(=O)c1cc(SC)ccc1[N+](=O)[O-]. The minimum atomic E-state index is -0.588. The molecule has 0 aromatic heterocycles. The van der Waals surface area contributed by atoms with Crippen molar-refractivity contribution in [1.82, 2.24) is 4.90 Å². The van der Waals surface area contributed by atoms with Gasteiger partial charge in [-0.15, -0.1) is 11.8 Å². The molecule has 1 rings (SSSR count). The molecule has 8 heteroatoms. The van der Waals surface area contributed by atoms with Gasteiger partial charge in [0.1, 0.15) is 5.56 Å². The number of hydrogen-bond donors (Lipinski definition) is 0. The molecule has 0 spiro atoms. The van der Waals surface area contributed by atoms with Crippen LogP contribution in [0.2, 0.25) is 0 Å². The van der Waals surface area contributed by atoms with Crippen molar-refractivity contribution in [1.29, 1.82) is 0 Å². The van der Waals surface area contributed by atoms with Gasteiger partial charge in [0.15, 0.2) is 0 Å². The Bertz CT molecular complexity index is 591. The molecule has 120 valence electrons. The number of carbonyl (C=O) groups excluding carboxylic acids is 2. The number of ether oxygens (including phenoxy) is 1. The van der Waals surface area contributed by atoms with E-state index in [-0.39, 0.29) is 17.8 Å². The molecule has 0 aliphatic carbocycles. The fraction of sp³-hybridized carbons (Fsp3) is 0.429. The number of nitro benzene ring substituents is 1. The van der Waals surface area contributed by atoms with Crippen LogP contribution in [0.3, 0.4) is 0 Å². The van der Waals surface area contributed by atoms with Crippen LogP contribution in [0.15, 0.2) is 23.1 Å². The number of methoxy groups -OCH3 is 1. The Hall–Kier alpha value is -2.09. The summed E-state index contributed by atoms with van der Waals surface area (Å²) >= 11 is 1.39. The number of thioether (sulfide) groups is 1. The van der Waals surface area contributed by atoms with E-state index in [4.69, 9.17) is 0 Å². The lowest BCUT2D eigenvalue weighted by Gasteiger charge is -2.20. The first kappa shape index (κ1) is 18.0. The van der Waals surface area contributed by atoms with E-state index >= 15 is 0 Å². The van der Waals surface area contributed by atoms with Crippen LogP contribution >= 0.6 is 11.8 Å². The first-order valence-electron chi connectivity index (χ1n) is 6.47.